The summed E-state index contributed by atoms with van der Waals surface area (Å²) >= 11 is 0. The first kappa shape index (κ1) is 17.0. The van der Waals surface area contributed by atoms with Gasteiger partial charge in [-0.15, -0.1) is 0 Å². The van der Waals surface area contributed by atoms with E-state index in [2.05, 4.69) is 21.5 Å². The van der Waals surface area contributed by atoms with Crippen LogP contribution in [0.3, 0.4) is 0 Å². The van der Waals surface area contributed by atoms with Crippen LogP contribution in [-0.2, 0) is 24.9 Å². The van der Waals surface area contributed by atoms with Gasteiger partial charge in [-0.1, -0.05) is 0 Å². The van der Waals surface area contributed by atoms with E-state index in [0.717, 1.165) is 34.6 Å². The monoisotopic (exact) mass is 332 g/mol. The fourth-order valence-electron chi connectivity index (χ4n) is 3.38. The predicted molar refractivity (Wildman–Crippen MR) is 91.3 cm³/mol. The first-order valence-corrected chi connectivity index (χ1v) is 8.42. The normalized spacial score (nSPS) is 20.7. The number of pyridine rings is 1. The number of methoxy groups -OCH3 is 1. The number of aromatic nitrogens is 3. The topological polar surface area (TPSA) is 52.0 Å². The van der Waals surface area contributed by atoms with Gasteiger partial charge in [0.05, 0.1) is 18.0 Å². The smallest absolute Gasteiger partial charge is 0.102 e. The number of nitrogens with zero attached hydrogens (tertiary/aromatic N) is 3. The van der Waals surface area contributed by atoms with Crippen LogP contribution >= 0.6 is 0 Å². The maximum atomic E-state index is 13.3. The van der Waals surface area contributed by atoms with Crippen LogP contribution in [0.4, 0.5) is 4.39 Å². The first-order valence-electron chi connectivity index (χ1n) is 8.42. The van der Waals surface area contributed by atoms with Crippen LogP contribution in [0.1, 0.15) is 36.2 Å². The van der Waals surface area contributed by atoms with Gasteiger partial charge in [0.2, 0.25) is 0 Å². The molecule has 2 aromatic rings. The number of ether oxygens (including phenoxy) is 1. The standard InChI is InChI=1S/C18H25FN4O/c1-12-4-5-13(9-20-12)18-16(11-24-3)17(22-23(18)2)10-21-15-7-6-14(19)8-15/h4-5,9,14-15,21H,6-8,10-11H2,1-3H3/t14-,15+/m1/s1. The van der Waals surface area contributed by atoms with Crippen LogP contribution in [0.25, 0.3) is 11.3 Å². The summed E-state index contributed by atoms with van der Waals surface area (Å²) < 4.78 is 20.6. The third-order valence-corrected chi connectivity index (χ3v) is 4.63. The van der Waals surface area contributed by atoms with Crippen molar-refractivity contribution in [1.82, 2.24) is 20.1 Å². The molecule has 0 aromatic carbocycles. The van der Waals surface area contributed by atoms with Crippen LogP contribution in [0.2, 0.25) is 0 Å². The Labute approximate surface area is 142 Å². The van der Waals surface area contributed by atoms with Gasteiger partial charge >= 0.3 is 0 Å². The van der Waals surface area contributed by atoms with E-state index in [1.165, 1.54) is 0 Å². The number of hydrogen-bond donors (Lipinski definition) is 1. The second kappa shape index (κ2) is 7.40. The van der Waals surface area contributed by atoms with Gasteiger partial charge in [-0.25, -0.2) is 4.39 Å². The highest BCUT2D eigenvalue weighted by atomic mass is 19.1. The van der Waals surface area contributed by atoms with E-state index in [-0.39, 0.29) is 6.04 Å². The fourth-order valence-corrected chi connectivity index (χ4v) is 3.38. The van der Waals surface area contributed by atoms with Gasteiger partial charge in [0, 0.05) is 49.8 Å². The van der Waals surface area contributed by atoms with Crippen molar-refractivity contribution in [2.75, 3.05) is 7.11 Å². The highest BCUT2D eigenvalue weighted by Crippen LogP contribution is 2.27. The fraction of sp³-hybridized carbons (Fsp3) is 0.556. The Morgan fingerprint density at radius 2 is 2.21 bits per heavy atom. The molecule has 5 nitrogen and oxygen atoms in total. The molecule has 24 heavy (non-hydrogen) atoms. The molecule has 1 fully saturated rings. The number of nitrogens with one attached hydrogen (secondary N) is 1. The number of alkyl halides is 1. The zero-order valence-electron chi connectivity index (χ0n) is 14.6. The van der Waals surface area contributed by atoms with Gasteiger partial charge in [0.15, 0.2) is 0 Å². The van der Waals surface area contributed by atoms with Crippen LogP contribution in [0.15, 0.2) is 18.3 Å². The van der Waals surface area contributed by atoms with E-state index in [1.54, 1.807) is 7.11 Å². The summed E-state index contributed by atoms with van der Waals surface area (Å²) in [6, 6.07) is 4.29. The van der Waals surface area contributed by atoms with E-state index in [4.69, 9.17) is 4.74 Å². The van der Waals surface area contributed by atoms with Crippen molar-refractivity contribution < 1.29 is 9.13 Å². The summed E-state index contributed by atoms with van der Waals surface area (Å²) in [5, 5.41) is 8.10. The highest BCUT2D eigenvalue weighted by Gasteiger charge is 2.25. The summed E-state index contributed by atoms with van der Waals surface area (Å²) in [6.07, 6.45) is 3.35. The summed E-state index contributed by atoms with van der Waals surface area (Å²) in [5.74, 6) is 0. The lowest BCUT2D eigenvalue weighted by Gasteiger charge is -2.11. The molecule has 0 radical (unpaired) electrons. The first-order chi connectivity index (χ1) is 11.6. The van der Waals surface area contributed by atoms with Crippen molar-refractivity contribution in [1.29, 1.82) is 0 Å². The van der Waals surface area contributed by atoms with Crippen LogP contribution in [-0.4, -0.2) is 34.1 Å². The maximum absolute atomic E-state index is 13.3. The highest BCUT2D eigenvalue weighted by molar-refractivity contribution is 5.63. The molecule has 0 spiro atoms. The maximum Gasteiger partial charge on any atom is 0.102 e. The molecular weight excluding hydrogens is 307 g/mol. The largest absolute Gasteiger partial charge is 0.380 e. The van der Waals surface area contributed by atoms with Crippen molar-refractivity contribution >= 4 is 0 Å². The molecule has 3 rings (SSSR count). The molecule has 130 valence electrons. The number of halogens is 1. The Morgan fingerprint density at radius 3 is 2.83 bits per heavy atom. The Bertz CT molecular complexity index is 683. The second-order valence-corrected chi connectivity index (χ2v) is 6.51. The second-order valence-electron chi connectivity index (χ2n) is 6.51. The summed E-state index contributed by atoms with van der Waals surface area (Å²) in [5.41, 5.74) is 5.05. The molecule has 0 bridgehead atoms. The molecule has 6 heteroatoms. The van der Waals surface area contributed by atoms with E-state index in [0.29, 0.717) is 26.0 Å². The number of rotatable bonds is 6. The Kier molecular flexibility index (Phi) is 5.26. The van der Waals surface area contributed by atoms with Gasteiger partial charge < -0.3 is 10.1 Å². The molecule has 1 N–H and O–H groups in total. The Balaban J connectivity index is 1.84. The van der Waals surface area contributed by atoms with Crippen LogP contribution in [0, 0.1) is 6.92 Å². The number of hydrogen-bond acceptors (Lipinski definition) is 4. The molecule has 0 unspecified atom stereocenters. The zero-order valence-corrected chi connectivity index (χ0v) is 14.6. The minimum absolute atomic E-state index is 0.238. The molecule has 0 saturated heterocycles. The third-order valence-electron chi connectivity index (χ3n) is 4.63. The Hall–Kier alpha value is -1.79. The van der Waals surface area contributed by atoms with Crippen molar-refractivity contribution in [2.24, 2.45) is 7.05 Å². The average molecular weight is 332 g/mol. The van der Waals surface area contributed by atoms with E-state index < -0.39 is 6.17 Å². The molecule has 2 heterocycles. The van der Waals surface area contributed by atoms with Crippen molar-refractivity contribution in [3.8, 4) is 11.3 Å². The third kappa shape index (κ3) is 3.65. The molecule has 0 amide bonds. The van der Waals surface area contributed by atoms with Crippen LogP contribution in [0.5, 0.6) is 0 Å². The summed E-state index contributed by atoms with van der Waals surface area (Å²) in [6.45, 7) is 3.09. The van der Waals surface area contributed by atoms with Crippen molar-refractivity contribution in [2.45, 2.75) is 51.6 Å². The SMILES string of the molecule is COCc1c(CN[C@H]2CC[C@@H](F)C2)nn(C)c1-c1ccc(C)nc1. The predicted octanol–water partition coefficient (Wildman–Crippen LogP) is 2.92. The molecule has 1 aliphatic rings. The van der Waals surface area contributed by atoms with Gasteiger partial charge in [0.25, 0.3) is 0 Å². The molecule has 0 aliphatic heterocycles. The van der Waals surface area contributed by atoms with E-state index in [9.17, 15) is 4.39 Å². The summed E-state index contributed by atoms with van der Waals surface area (Å²) in [7, 11) is 3.62. The molecular formula is C18H25FN4O. The molecule has 1 aliphatic carbocycles. The average Bonchev–Trinajstić information content (AvgIpc) is 3.10. The number of aryl methyl sites for hydroxylation is 2. The lowest BCUT2D eigenvalue weighted by atomic mass is 10.1. The van der Waals surface area contributed by atoms with Gasteiger partial charge in [-0.2, -0.15) is 5.10 Å². The quantitative estimate of drug-likeness (QED) is 0.884. The van der Waals surface area contributed by atoms with E-state index in [1.807, 2.05) is 30.9 Å². The lowest BCUT2D eigenvalue weighted by Crippen LogP contribution is -2.26. The minimum Gasteiger partial charge on any atom is -0.380 e. The minimum atomic E-state index is -0.668. The Morgan fingerprint density at radius 1 is 1.38 bits per heavy atom. The zero-order chi connectivity index (χ0) is 17.1. The lowest BCUT2D eigenvalue weighted by molar-refractivity contribution is 0.184. The van der Waals surface area contributed by atoms with Gasteiger partial charge in [0.1, 0.15) is 6.17 Å². The van der Waals surface area contributed by atoms with Gasteiger partial charge in [-0.3, -0.25) is 9.67 Å². The summed E-state index contributed by atoms with van der Waals surface area (Å²) in [4.78, 5) is 4.39. The van der Waals surface area contributed by atoms with E-state index >= 15 is 0 Å². The molecule has 2 aromatic heterocycles. The van der Waals surface area contributed by atoms with Gasteiger partial charge in [-0.05, 0) is 38.3 Å². The molecule has 2 atom stereocenters. The van der Waals surface area contributed by atoms with Crippen molar-refractivity contribution in [3.63, 3.8) is 0 Å². The van der Waals surface area contributed by atoms with Crippen LogP contribution < -0.4 is 5.32 Å². The molecule has 1 saturated carbocycles. The van der Waals surface area contributed by atoms with Crippen molar-refractivity contribution in [3.05, 3.63) is 35.3 Å².